The van der Waals surface area contributed by atoms with Gasteiger partial charge in [0, 0.05) is 7.11 Å². The van der Waals surface area contributed by atoms with E-state index in [1.165, 1.54) is 30.7 Å². The minimum atomic E-state index is -1.25. The number of hydrogen-bond acceptors (Lipinski definition) is 1. The molecule has 0 saturated carbocycles. The summed E-state index contributed by atoms with van der Waals surface area (Å²) in [5.74, 6) is 0. The van der Waals surface area contributed by atoms with Crippen LogP contribution < -0.4 is 0 Å². The molecular weight excluding hydrogens is 171 g/mol. The molecule has 0 aromatic carbocycles. The highest BCUT2D eigenvalue weighted by molar-refractivity contribution is 7.16. The van der Waals surface area contributed by atoms with Crippen LogP contribution in [0.1, 0.15) is 20.3 Å². The topological polar surface area (TPSA) is 9.23 Å². The lowest BCUT2D eigenvalue weighted by molar-refractivity contribution is 0.391. The molecule has 1 atom stereocenters. The van der Waals surface area contributed by atoms with Crippen LogP contribution in [0, 0.1) is 0 Å². The third-order valence-corrected chi connectivity index (χ3v) is 7.67. The molecule has 0 bridgehead atoms. The zero-order valence-corrected chi connectivity index (χ0v) is 10.2. The lowest BCUT2D eigenvalue weighted by Crippen LogP contribution is -2.35. The van der Waals surface area contributed by atoms with E-state index < -0.39 is 8.32 Å². The van der Waals surface area contributed by atoms with Crippen LogP contribution in [0.4, 0.5) is 0 Å². The Bertz CT molecular complexity index is 85.8. The summed E-state index contributed by atoms with van der Waals surface area (Å²) in [6.07, 6.45) is 2.53. The highest BCUT2D eigenvalue weighted by Gasteiger charge is 2.28. The molecule has 0 aromatic rings. The Kier molecular flexibility index (Phi) is 6.50. The molecule has 0 fully saturated rings. The van der Waals surface area contributed by atoms with Crippen molar-refractivity contribution in [1.82, 2.24) is 0 Å². The van der Waals surface area contributed by atoms with Crippen molar-refractivity contribution < 1.29 is 4.43 Å². The highest BCUT2D eigenvalue weighted by atomic mass is 31.0. The summed E-state index contributed by atoms with van der Waals surface area (Å²) in [4.78, 5) is 0. The molecule has 0 spiro atoms. The zero-order chi connectivity index (χ0) is 8.74. The minimum absolute atomic E-state index is 1.22. The smallest absolute Gasteiger partial charge is 0.191 e. The van der Waals surface area contributed by atoms with Gasteiger partial charge in [-0.2, -0.15) is 0 Å². The molecule has 0 radical (unpaired) electrons. The quantitative estimate of drug-likeness (QED) is 0.464. The van der Waals surface area contributed by atoms with Gasteiger partial charge in [-0.3, -0.25) is 0 Å². The van der Waals surface area contributed by atoms with Crippen molar-refractivity contribution in [3.63, 3.8) is 0 Å². The summed E-state index contributed by atoms with van der Waals surface area (Å²) in [5.41, 5.74) is 0. The largest absolute Gasteiger partial charge is 0.420 e. The Labute approximate surface area is 74.2 Å². The lowest BCUT2D eigenvalue weighted by atomic mass is 10.6. The molecule has 0 heterocycles. The van der Waals surface area contributed by atoms with E-state index in [2.05, 4.69) is 23.1 Å². The predicted octanol–water partition coefficient (Wildman–Crippen LogP) is 2.88. The Hall–Kier alpha value is 0.607. The van der Waals surface area contributed by atoms with E-state index in [1.807, 2.05) is 7.11 Å². The molecular formula is C8H21OPSi. The monoisotopic (exact) mass is 192 g/mol. The maximum Gasteiger partial charge on any atom is 0.191 e. The second kappa shape index (κ2) is 6.16. The third-order valence-electron chi connectivity index (χ3n) is 2.56. The van der Waals surface area contributed by atoms with Crippen molar-refractivity contribution in [1.29, 1.82) is 0 Å². The van der Waals surface area contributed by atoms with Crippen LogP contribution in [0.15, 0.2) is 0 Å². The van der Waals surface area contributed by atoms with E-state index in [0.717, 1.165) is 0 Å². The normalized spacial score (nSPS) is 12.0. The van der Waals surface area contributed by atoms with Gasteiger partial charge >= 0.3 is 0 Å². The molecule has 68 valence electrons. The van der Waals surface area contributed by atoms with E-state index in [0.29, 0.717) is 0 Å². The van der Waals surface area contributed by atoms with Gasteiger partial charge < -0.3 is 4.43 Å². The van der Waals surface area contributed by atoms with Gasteiger partial charge in [-0.25, -0.2) is 0 Å². The van der Waals surface area contributed by atoms with Crippen LogP contribution in [-0.2, 0) is 4.43 Å². The molecule has 0 aliphatic rings. The standard InChI is InChI=1S/C8H21OPSi/c1-4-11(5-2,9-3)8-6-7-10/h4-8,10H2,1-3H3. The number of hydrogen-bond donors (Lipinski definition) is 0. The van der Waals surface area contributed by atoms with Crippen molar-refractivity contribution in [2.45, 2.75) is 38.4 Å². The van der Waals surface area contributed by atoms with Gasteiger partial charge in [-0.05, 0) is 24.3 Å². The van der Waals surface area contributed by atoms with E-state index in [4.69, 9.17) is 4.43 Å². The first-order valence-corrected chi connectivity index (χ1v) is 7.84. The molecule has 0 saturated heterocycles. The van der Waals surface area contributed by atoms with Gasteiger partial charge in [-0.1, -0.05) is 20.3 Å². The van der Waals surface area contributed by atoms with Crippen LogP contribution >= 0.6 is 9.24 Å². The first-order chi connectivity index (χ1) is 5.24. The summed E-state index contributed by atoms with van der Waals surface area (Å²) in [6, 6.07) is 3.87. The fourth-order valence-corrected chi connectivity index (χ4v) is 4.87. The predicted molar refractivity (Wildman–Crippen MR) is 57.7 cm³/mol. The van der Waals surface area contributed by atoms with Crippen molar-refractivity contribution in [2.75, 3.05) is 13.3 Å². The summed E-state index contributed by atoms with van der Waals surface area (Å²) in [6.45, 7) is 4.53. The summed E-state index contributed by atoms with van der Waals surface area (Å²) in [7, 11) is 3.43. The van der Waals surface area contributed by atoms with Crippen molar-refractivity contribution >= 4 is 17.6 Å². The second-order valence-electron chi connectivity index (χ2n) is 2.99. The fourth-order valence-electron chi connectivity index (χ4n) is 1.42. The molecule has 0 aromatic heterocycles. The van der Waals surface area contributed by atoms with Crippen molar-refractivity contribution in [3.8, 4) is 0 Å². The second-order valence-corrected chi connectivity index (χ2v) is 8.25. The maximum atomic E-state index is 5.67. The number of rotatable bonds is 6. The fraction of sp³-hybridized carbons (Fsp3) is 1.00. The summed E-state index contributed by atoms with van der Waals surface area (Å²) < 4.78 is 5.67. The third kappa shape index (κ3) is 3.68. The van der Waals surface area contributed by atoms with Gasteiger partial charge in [0.1, 0.15) is 0 Å². The molecule has 1 unspecified atom stereocenters. The highest BCUT2D eigenvalue weighted by Crippen LogP contribution is 2.22. The first-order valence-electron chi connectivity index (χ1n) is 4.50. The molecule has 1 nitrogen and oxygen atoms in total. The maximum absolute atomic E-state index is 5.67. The average Bonchev–Trinajstić information content (AvgIpc) is 2.08. The van der Waals surface area contributed by atoms with E-state index in [1.54, 1.807) is 0 Å². The summed E-state index contributed by atoms with van der Waals surface area (Å²) >= 11 is 0. The molecule has 3 heteroatoms. The van der Waals surface area contributed by atoms with Gasteiger partial charge in [0.05, 0.1) is 0 Å². The van der Waals surface area contributed by atoms with Gasteiger partial charge in [-0.15, -0.1) is 9.24 Å². The molecule has 0 aliphatic heterocycles. The van der Waals surface area contributed by atoms with Crippen LogP contribution in [0.3, 0.4) is 0 Å². The Morgan fingerprint density at radius 1 is 1.27 bits per heavy atom. The molecule has 0 N–H and O–H groups in total. The molecule has 0 rings (SSSR count). The van der Waals surface area contributed by atoms with Crippen LogP contribution in [0.25, 0.3) is 0 Å². The zero-order valence-electron chi connectivity index (χ0n) is 8.02. The van der Waals surface area contributed by atoms with E-state index in [9.17, 15) is 0 Å². The van der Waals surface area contributed by atoms with Gasteiger partial charge in [0.25, 0.3) is 0 Å². The molecule has 0 aliphatic carbocycles. The van der Waals surface area contributed by atoms with Crippen LogP contribution in [-0.4, -0.2) is 21.6 Å². The Balaban J connectivity index is 3.84. The summed E-state index contributed by atoms with van der Waals surface area (Å²) in [5, 5.41) is 0. The Morgan fingerprint density at radius 2 is 1.82 bits per heavy atom. The van der Waals surface area contributed by atoms with Crippen molar-refractivity contribution in [3.05, 3.63) is 0 Å². The van der Waals surface area contributed by atoms with Gasteiger partial charge in [0.15, 0.2) is 8.32 Å². The minimum Gasteiger partial charge on any atom is -0.420 e. The molecule has 11 heavy (non-hydrogen) atoms. The molecule has 0 amide bonds. The first kappa shape index (κ1) is 11.6. The van der Waals surface area contributed by atoms with E-state index in [-0.39, 0.29) is 0 Å². The Morgan fingerprint density at radius 3 is 2.09 bits per heavy atom. The van der Waals surface area contributed by atoms with Crippen molar-refractivity contribution in [2.24, 2.45) is 0 Å². The van der Waals surface area contributed by atoms with Crippen LogP contribution in [0.2, 0.25) is 18.1 Å². The SMILES string of the molecule is CC[Si](CC)(CCCP)OC. The van der Waals surface area contributed by atoms with Gasteiger partial charge in [0.2, 0.25) is 0 Å². The lowest BCUT2D eigenvalue weighted by Gasteiger charge is -2.26. The van der Waals surface area contributed by atoms with Crippen LogP contribution in [0.5, 0.6) is 0 Å². The van der Waals surface area contributed by atoms with E-state index >= 15 is 0 Å². The average molecular weight is 192 g/mol.